The van der Waals surface area contributed by atoms with Gasteiger partial charge in [0.2, 0.25) is 5.78 Å². The zero-order valence-corrected chi connectivity index (χ0v) is 10.6. The van der Waals surface area contributed by atoms with Crippen LogP contribution in [0.5, 0.6) is 5.75 Å². The summed E-state index contributed by atoms with van der Waals surface area (Å²) in [6.45, 7) is 3.18. The highest BCUT2D eigenvalue weighted by Gasteiger charge is 2.23. The first-order chi connectivity index (χ1) is 9.29. The summed E-state index contributed by atoms with van der Waals surface area (Å²) >= 11 is 0. The fourth-order valence-electron chi connectivity index (χ4n) is 2.97. The van der Waals surface area contributed by atoms with Crippen LogP contribution in [-0.2, 0) is 6.54 Å². The van der Waals surface area contributed by atoms with Crippen LogP contribution < -0.4 is 4.74 Å². The van der Waals surface area contributed by atoms with Crippen LogP contribution in [0.15, 0.2) is 36.4 Å². The standard InChI is InChI=1S/C16H13NO2/c1-2-17-13-6-4-3-5-10(13)11-8-16-12(7-14(11)17)15(18)9-19-16/h3-8H,2,9H2,1H3. The van der Waals surface area contributed by atoms with E-state index >= 15 is 0 Å². The van der Waals surface area contributed by atoms with Gasteiger partial charge in [0.15, 0.2) is 6.61 Å². The van der Waals surface area contributed by atoms with Gasteiger partial charge in [0.05, 0.1) is 11.1 Å². The van der Waals surface area contributed by atoms with E-state index in [2.05, 4.69) is 23.6 Å². The predicted molar refractivity (Wildman–Crippen MR) is 74.9 cm³/mol. The van der Waals surface area contributed by atoms with Crippen molar-refractivity contribution in [3.8, 4) is 5.75 Å². The molecule has 0 unspecified atom stereocenters. The molecule has 0 saturated heterocycles. The third-order valence-corrected chi connectivity index (χ3v) is 3.85. The highest BCUT2D eigenvalue weighted by atomic mass is 16.5. The summed E-state index contributed by atoms with van der Waals surface area (Å²) in [5.41, 5.74) is 3.03. The first-order valence-corrected chi connectivity index (χ1v) is 6.50. The lowest BCUT2D eigenvalue weighted by atomic mass is 10.1. The van der Waals surface area contributed by atoms with Gasteiger partial charge in [-0.3, -0.25) is 4.79 Å². The highest BCUT2D eigenvalue weighted by molar-refractivity contribution is 6.13. The molecule has 0 atom stereocenters. The Labute approximate surface area is 110 Å². The van der Waals surface area contributed by atoms with Crippen molar-refractivity contribution in [2.75, 3.05) is 6.61 Å². The van der Waals surface area contributed by atoms with E-state index < -0.39 is 0 Å². The number of ketones is 1. The van der Waals surface area contributed by atoms with Crippen molar-refractivity contribution in [3.05, 3.63) is 42.0 Å². The molecule has 3 heteroatoms. The Morgan fingerprint density at radius 2 is 2.00 bits per heavy atom. The van der Waals surface area contributed by atoms with Crippen molar-refractivity contribution in [3.63, 3.8) is 0 Å². The molecule has 0 N–H and O–H groups in total. The maximum absolute atomic E-state index is 11.8. The summed E-state index contributed by atoms with van der Waals surface area (Å²) in [6.07, 6.45) is 0. The summed E-state index contributed by atoms with van der Waals surface area (Å²) in [4.78, 5) is 11.8. The number of carbonyl (C=O) groups is 1. The number of hydrogen-bond donors (Lipinski definition) is 0. The van der Waals surface area contributed by atoms with Gasteiger partial charge in [0.1, 0.15) is 5.75 Å². The minimum atomic E-state index is 0.0739. The second-order valence-electron chi connectivity index (χ2n) is 4.84. The molecule has 94 valence electrons. The summed E-state index contributed by atoms with van der Waals surface area (Å²) < 4.78 is 7.70. The monoisotopic (exact) mass is 251 g/mol. The molecule has 3 nitrogen and oxygen atoms in total. The minimum absolute atomic E-state index is 0.0739. The van der Waals surface area contributed by atoms with E-state index in [9.17, 15) is 4.79 Å². The van der Waals surface area contributed by atoms with Gasteiger partial charge < -0.3 is 9.30 Å². The normalized spacial score (nSPS) is 14.1. The number of hydrogen-bond acceptors (Lipinski definition) is 2. The summed E-state index contributed by atoms with van der Waals surface area (Å²) in [6, 6.07) is 12.3. The van der Waals surface area contributed by atoms with Crippen LogP contribution in [0, 0.1) is 0 Å². The van der Waals surface area contributed by atoms with E-state index in [1.165, 1.54) is 10.9 Å². The summed E-state index contributed by atoms with van der Waals surface area (Å²) in [7, 11) is 0. The van der Waals surface area contributed by atoms with Crippen LogP contribution in [0.1, 0.15) is 17.3 Å². The lowest BCUT2D eigenvalue weighted by Crippen LogP contribution is -1.99. The zero-order chi connectivity index (χ0) is 13.0. The SMILES string of the molecule is CCn1c2ccccc2c2cc3c(cc21)C(=O)CO3. The van der Waals surface area contributed by atoms with Gasteiger partial charge >= 0.3 is 0 Å². The Bertz CT molecular complexity index is 829. The van der Waals surface area contributed by atoms with Crippen LogP contribution in [0.4, 0.5) is 0 Å². The molecule has 0 fully saturated rings. The van der Waals surface area contributed by atoms with Gasteiger partial charge in [-0.05, 0) is 25.1 Å². The average Bonchev–Trinajstić information content (AvgIpc) is 2.95. The molecule has 0 amide bonds. The Balaban J connectivity index is 2.21. The van der Waals surface area contributed by atoms with E-state index in [4.69, 9.17) is 4.74 Å². The molecule has 4 rings (SSSR count). The number of Topliss-reactive ketones (excluding diaryl/α,β-unsaturated/α-hetero) is 1. The number of fused-ring (bicyclic) bond motifs is 4. The molecule has 2 heterocycles. The smallest absolute Gasteiger partial charge is 0.203 e. The lowest BCUT2D eigenvalue weighted by Gasteiger charge is -2.03. The minimum Gasteiger partial charge on any atom is -0.485 e. The largest absolute Gasteiger partial charge is 0.485 e. The maximum atomic E-state index is 11.8. The molecule has 0 saturated carbocycles. The molecule has 3 aromatic rings. The van der Waals surface area contributed by atoms with Crippen LogP contribution in [-0.4, -0.2) is 17.0 Å². The van der Waals surface area contributed by atoms with E-state index in [-0.39, 0.29) is 12.4 Å². The van der Waals surface area contributed by atoms with Gasteiger partial charge in [-0.2, -0.15) is 0 Å². The van der Waals surface area contributed by atoms with Crippen molar-refractivity contribution in [1.82, 2.24) is 4.57 Å². The maximum Gasteiger partial charge on any atom is 0.203 e. The van der Waals surface area contributed by atoms with Crippen molar-refractivity contribution in [2.24, 2.45) is 0 Å². The summed E-state index contributed by atoms with van der Waals surface area (Å²) in [5, 5.41) is 2.37. The molecular formula is C16H13NO2. The number of nitrogens with zero attached hydrogens (tertiary/aromatic N) is 1. The molecule has 0 spiro atoms. The number of para-hydroxylation sites is 1. The molecule has 1 aliphatic rings. The van der Waals surface area contributed by atoms with E-state index in [1.807, 2.05) is 24.3 Å². The van der Waals surface area contributed by atoms with Crippen molar-refractivity contribution in [1.29, 1.82) is 0 Å². The number of benzene rings is 2. The number of ether oxygens (including phenoxy) is 1. The van der Waals surface area contributed by atoms with Crippen LogP contribution in [0.2, 0.25) is 0 Å². The van der Waals surface area contributed by atoms with Gasteiger partial charge in [-0.1, -0.05) is 18.2 Å². The second-order valence-corrected chi connectivity index (χ2v) is 4.84. The molecule has 1 aromatic heterocycles. The number of carbonyl (C=O) groups excluding carboxylic acids is 1. The summed E-state index contributed by atoms with van der Waals surface area (Å²) in [5.74, 6) is 0.793. The Morgan fingerprint density at radius 1 is 1.16 bits per heavy atom. The topological polar surface area (TPSA) is 31.2 Å². The van der Waals surface area contributed by atoms with Gasteiger partial charge in [0, 0.05) is 22.8 Å². The van der Waals surface area contributed by atoms with Crippen molar-refractivity contribution in [2.45, 2.75) is 13.5 Å². The fraction of sp³-hybridized carbons (Fsp3) is 0.188. The average molecular weight is 251 g/mol. The third-order valence-electron chi connectivity index (χ3n) is 3.85. The molecule has 0 aliphatic carbocycles. The molecule has 19 heavy (non-hydrogen) atoms. The predicted octanol–water partition coefficient (Wildman–Crippen LogP) is 3.39. The number of aromatic nitrogens is 1. The molecule has 1 aliphatic heterocycles. The lowest BCUT2D eigenvalue weighted by molar-refractivity contribution is 0.0961. The third kappa shape index (κ3) is 1.30. The molecule has 0 radical (unpaired) electrons. The first-order valence-electron chi connectivity index (χ1n) is 6.50. The Morgan fingerprint density at radius 3 is 2.84 bits per heavy atom. The number of rotatable bonds is 1. The van der Waals surface area contributed by atoms with Gasteiger partial charge in [-0.25, -0.2) is 0 Å². The Hall–Kier alpha value is -2.29. The highest BCUT2D eigenvalue weighted by Crippen LogP contribution is 2.36. The zero-order valence-electron chi connectivity index (χ0n) is 10.6. The number of aryl methyl sites for hydroxylation is 1. The van der Waals surface area contributed by atoms with Gasteiger partial charge in [0.25, 0.3) is 0 Å². The Kier molecular flexibility index (Phi) is 2.01. The van der Waals surface area contributed by atoms with Crippen molar-refractivity contribution >= 4 is 27.6 Å². The molecule has 2 aromatic carbocycles. The van der Waals surface area contributed by atoms with E-state index in [1.54, 1.807) is 0 Å². The van der Waals surface area contributed by atoms with E-state index in [0.29, 0.717) is 5.56 Å². The van der Waals surface area contributed by atoms with Gasteiger partial charge in [-0.15, -0.1) is 0 Å². The van der Waals surface area contributed by atoms with E-state index in [0.717, 1.165) is 23.2 Å². The van der Waals surface area contributed by atoms with Crippen LogP contribution in [0.3, 0.4) is 0 Å². The van der Waals surface area contributed by atoms with Crippen LogP contribution >= 0.6 is 0 Å². The second kappa shape index (κ2) is 3.60. The molecule has 0 bridgehead atoms. The quantitative estimate of drug-likeness (QED) is 0.663. The first kappa shape index (κ1) is 10.6. The fourth-order valence-corrected chi connectivity index (χ4v) is 2.97. The van der Waals surface area contributed by atoms with Crippen molar-refractivity contribution < 1.29 is 9.53 Å². The molecular weight excluding hydrogens is 238 g/mol. The van der Waals surface area contributed by atoms with Crippen LogP contribution in [0.25, 0.3) is 21.8 Å².